The number of aromatic nitrogens is 2. The number of hydrogen-bond donors (Lipinski definition) is 2. The van der Waals surface area contributed by atoms with Gasteiger partial charge >= 0.3 is 0 Å². The normalized spacial score (nSPS) is 10.8. The van der Waals surface area contributed by atoms with Gasteiger partial charge in [-0.2, -0.15) is 5.10 Å². The molecule has 4 nitrogen and oxygen atoms in total. The lowest BCUT2D eigenvalue weighted by Crippen LogP contribution is -2.12. The first-order valence-corrected chi connectivity index (χ1v) is 5.96. The van der Waals surface area contributed by atoms with Crippen molar-refractivity contribution in [2.45, 2.75) is 46.5 Å². The molecule has 0 radical (unpaired) electrons. The molecule has 0 aromatic carbocycles. The Kier molecular flexibility index (Phi) is 5.02. The second-order valence-electron chi connectivity index (χ2n) is 4.51. The minimum absolute atomic E-state index is 0.0447. The van der Waals surface area contributed by atoms with Gasteiger partial charge in [0.25, 0.3) is 0 Å². The molecule has 0 aliphatic heterocycles. The summed E-state index contributed by atoms with van der Waals surface area (Å²) in [6.45, 7) is 6.34. The number of rotatable bonds is 6. The van der Waals surface area contributed by atoms with E-state index < -0.39 is 0 Å². The third-order valence-electron chi connectivity index (χ3n) is 2.37. The van der Waals surface area contributed by atoms with Gasteiger partial charge in [-0.15, -0.1) is 0 Å². The lowest BCUT2D eigenvalue weighted by molar-refractivity contribution is -0.116. The number of aromatic amines is 1. The third-order valence-corrected chi connectivity index (χ3v) is 2.37. The number of amides is 1. The number of carbonyl (C=O) groups is 1. The van der Waals surface area contributed by atoms with Gasteiger partial charge in [-0.25, -0.2) is 0 Å². The number of nitrogens with zero attached hydrogens (tertiary/aromatic N) is 1. The van der Waals surface area contributed by atoms with Crippen LogP contribution < -0.4 is 5.32 Å². The molecule has 0 saturated carbocycles. The zero-order valence-corrected chi connectivity index (χ0v) is 10.3. The number of anilines is 1. The van der Waals surface area contributed by atoms with Crippen LogP contribution in [0.3, 0.4) is 0 Å². The number of hydrogen-bond acceptors (Lipinski definition) is 2. The molecule has 2 N–H and O–H groups in total. The van der Waals surface area contributed by atoms with Crippen molar-refractivity contribution in [3.05, 3.63) is 11.8 Å². The van der Waals surface area contributed by atoms with E-state index in [1.54, 1.807) is 0 Å². The van der Waals surface area contributed by atoms with Crippen LogP contribution in [0, 0.1) is 5.92 Å². The van der Waals surface area contributed by atoms with Crippen molar-refractivity contribution >= 4 is 11.7 Å². The van der Waals surface area contributed by atoms with Crippen LogP contribution in [-0.4, -0.2) is 16.1 Å². The molecule has 0 atom stereocenters. The molecule has 4 heteroatoms. The highest BCUT2D eigenvalue weighted by atomic mass is 16.1. The van der Waals surface area contributed by atoms with Crippen molar-refractivity contribution in [3.63, 3.8) is 0 Å². The summed E-state index contributed by atoms with van der Waals surface area (Å²) in [6, 6.07) is 1.90. The Morgan fingerprint density at radius 3 is 2.94 bits per heavy atom. The largest absolute Gasteiger partial charge is 0.309 e. The van der Waals surface area contributed by atoms with Gasteiger partial charge in [-0.3, -0.25) is 9.89 Å². The van der Waals surface area contributed by atoms with E-state index >= 15 is 0 Å². The van der Waals surface area contributed by atoms with E-state index in [0.717, 1.165) is 25.0 Å². The van der Waals surface area contributed by atoms with E-state index in [9.17, 15) is 4.79 Å². The van der Waals surface area contributed by atoms with Crippen LogP contribution in [0.4, 0.5) is 5.82 Å². The summed E-state index contributed by atoms with van der Waals surface area (Å²) < 4.78 is 0. The average molecular weight is 223 g/mol. The van der Waals surface area contributed by atoms with Crippen molar-refractivity contribution in [2.24, 2.45) is 5.92 Å². The van der Waals surface area contributed by atoms with E-state index in [4.69, 9.17) is 0 Å². The van der Waals surface area contributed by atoms with E-state index in [2.05, 4.69) is 36.3 Å². The second kappa shape index (κ2) is 6.30. The van der Waals surface area contributed by atoms with Crippen molar-refractivity contribution in [1.29, 1.82) is 0 Å². The number of nitrogens with one attached hydrogen (secondary N) is 2. The molecule has 1 aromatic rings. The van der Waals surface area contributed by atoms with Gasteiger partial charge in [0.15, 0.2) is 5.82 Å². The van der Waals surface area contributed by atoms with Gasteiger partial charge in [0.2, 0.25) is 5.91 Å². The molecule has 0 bridgehead atoms. The van der Waals surface area contributed by atoms with Gasteiger partial charge in [0.05, 0.1) is 0 Å². The smallest absolute Gasteiger partial charge is 0.225 e. The molecule has 1 rings (SSSR count). The Balaban J connectivity index is 2.37. The maximum atomic E-state index is 11.5. The summed E-state index contributed by atoms with van der Waals surface area (Å²) in [5, 5.41) is 9.75. The van der Waals surface area contributed by atoms with Gasteiger partial charge in [0, 0.05) is 18.2 Å². The molecule has 0 aliphatic carbocycles. The summed E-state index contributed by atoms with van der Waals surface area (Å²) in [5.74, 6) is 1.24. The summed E-state index contributed by atoms with van der Waals surface area (Å²) in [7, 11) is 0. The molecular formula is C12H21N3O. The zero-order chi connectivity index (χ0) is 12.0. The van der Waals surface area contributed by atoms with Gasteiger partial charge in [-0.1, -0.05) is 27.2 Å². The van der Waals surface area contributed by atoms with Gasteiger partial charge < -0.3 is 5.32 Å². The van der Waals surface area contributed by atoms with E-state index in [1.807, 2.05) is 6.07 Å². The molecule has 1 aromatic heterocycles. The summed E-state index contributed by atoms with van der Waals surface area (Å²) in [5.41, 5.74) is 1.07. The fourth-order valence-electron chi connectivity index (χ4n) is 1.45. The highest BCUT2D eigenvalue weighted by molar-refractivity contribution is 5.89. The molecule has 1 heterocycles. The second-order valence-corrected chi connectivity index (χ2v) is 4.51. The Morgan fingerprint density at radius 1 is 1.56 bits per heavy atom. The lowest BCUT2D eigenvalue weighted by atomic mass is 10.1. The lowest BCUT2D eigenvalue weighted by Gasteiger charge is -2.03. The van der Waals surface area contributed by atoms with Crippen LogP contribution in [0.1, 0.15) is 45.7 Å². The summed E-state index contributed by atoms with van der Waals surface area (Å²) >= 11 is 0. The Labute approximate surface area is 96.8 Å². The zero-order valence-electron chi connectivity index (χ0n) is 10.3. The standard InChI is InChI=1S/C12H21N3O/c1-4-5-10-8-11(15-14-10)13-12(16)7-6-9(2)3/h8-9H,4-7H2,1-3H3,(H2,13,14,15,16). The molecule has 1 amide bonds. The predicted molar refractivity (Wildman–Crippen MR) is 65.3 cm³/mol. The van der Waals surface area contributed by atoms with Gasteiger partial charge in [-0.05, 0) is 18.8 Å². The van der Waals surface area contributed by atoms with Crippen LogP contribution >= 0.6 is 0 Å². The number of carbonyl (C=O) groups excluding carboxylic acids is 1. The Bertz CT molecular complexity index is 331. The summed E-state index contributed by atoms with van der Waals surface area (Å²) in [4.78, 5) is 11.5. The molecule has 0 aliphatic rings. The van der Waals surface area contributed by atoms with Gasteiger partial charge in [0.1, 0.15) is 0 Å². The molecule has 0 saturated heterocycles. The maximum absolute atomic E-state index is 11.5. The molecule has 90 valence electrons. The SMILES string of the molecule is CCCc1cc(NC(=O)CCC(C)C)n[nH]1. The monoisotopic (exact) mass is 223 g/mol. The van der Waals surface area contributed by atoms with Crippen molar-refractivity contribution in [1.82, 2.24) is 10.2 Å². The van der Waals surface area contributed by atoms with Crippen molar-refractivity contribution in [2.75, 3.05) is 5.32 Å². The fraction of sp³-hybridized carbons (Fsp3) is 0.667. The Hall–Kier alpha value is -1.32. The number of aryl methyl sites for hydroxylation is 1. The molecule has 16 heavy (non-hydrogen) atoms. The highest BCUT2D eigenvalue weighted by Crippen LogP contribution is 2.09. The van der Waals surface area contributed by atoms with Crippen LogP contribution in [0.2, 0.25) is 0 Å². The minimum atomic E-state index is 0.0447. The van der Waals surface area contributed by atoms with E-state index in [-0.39, 0.29) is 5.91 Å². The quantitative estimate of drug-likeness (QED) is 0.779. The van der Waals surface area contributed by atoms with E-state index in [0.29, 0.717) is 18.2 Å². The van der Waals surface area contributed by atoms with E-state index in [1.165, 1.54) is 0 Å². The topological polar surface area (TPSA) is 57.8 Å². The first-order chi connectivity index (χ1) is 7.61. The molecular weight excluding hydrogens is 202 g/mol. The fourth-order valence-corrected chi connectivity index (χ4v) is 1.45. The van der Waals surface area contributed by atoms with Crippen molar-refractivity contribution < 1.29 is 4.79 Å². The predicted octanol–water partition coefficient (Wildman–Crippen LogP) is 2.74. The van der Waals surface area contributed by atoms with Crippen LogP contribution in [0.5, 0.6) is 0 Å². The molecule has 0 spiro atoms. The average Bonchev–Trinajstić information content (AvgIpc) is 2.63. The highest BCUT2D eigenvalue weighted by Gasteiger charge is 2.06. The first-order valence-electron chi connectivity index (χ1n) is 5.96. The van der Waals surface area contributed by atoms with Crippen LogP contribution in [-0.2, 0) is 11.2 Å². The first kappa shape index (κ1) is 12.7. The molecule has 0 unspecified atom stereocenters. The molecule has 0 fully saturated rings. The third kappa shape index (κ3) is 4.47. The van der Waals surface area contributed by atoms with Crippen LogP contribution in [0.25, 0.3) is 0 Å². The van der Waals surface area contributed by atoms with Crippen LogP contribution in [0.15, 0.2) is 6.07 Å². The Morgan fingerprint density at radius 2 is 2.31 bits per heavy atom. The maximum Gasteiger partial charge on any atom is 0.225 e. The summed E-state index contributed by atoms with van der Waals surface area (Å²) in [6.07, 6.45) is 3.52. The minimum Gasteiger partial charge on any atom is -0.309 e. The number of H-pyrrole nitrogens is 1. The van der Waals surface area contributed by atoms with Crippen molar-refractivity contribution in [3.8, 4) is 0 Å².